The van der Waals surface area contributed by atoms with Crippen molar-refractivity contribution in [3.05, 3.63) is 34.6 Å². The number of halogens is 1. The van der Waals surface area contributed by atoms with E-state index in [-0.39, 0.29) is 18.7 Å². The number of nitrogens with zero attached hydrogens (tertiary/aromatic N) is 3. The number of rotatable bonds is 6. The Balaban J connectivity index is 0.00000324. The summed E-state index contributed by atoms with van der Waals surface area (Å²) >= 11 is 0. The van der Waals surface area contributed by atoms with E-state index in [1.54, 1.807) is 0 Å². The molecule has 4 rings (SSSR count). The molecule has 1 saturated heterocycles. The first kappa shape index (κ1) is 23.2. The van der Waals surface area contributed by atoms with Crippen LogP contribution in [0.5, 0.6) is 0 Å². The zero-order valence-electron chi connectivity index (χ0n) is 18.9. The number of nitrogens with one attached hydrogen (secondary N) is 2. The Morgan fingerprint density at radius 2 is 2.09 bits per heavy atom. The van der Waals surface area contributed by atoms with Crippen LogP contribution in [0.1, 0.15) is 52.8 Å². The molecule has 2 heterocycles. The lowest BCUT2D eigenvalue weighted by Gasteiger charge is -2.37. The van der Waals surface area contributed by atoms with Gasteiger partial charge in [-0.25, -0.2) is 9.18 Å². The highest BCUT2D eigenvalue weighted by atomic mass is 19.1. The van der Waals surface area contributed by atoms with Gasteiger partial charge in [0.25, 0.3) is 0 Å². The highest BCUT2D eigenvalue weighted by Crippen LogP contribution is 2.30. The molecule has 2 fully saturated rings. The SMILES string of the molecule is CN1CCC(C#N)(NC(=O)[C@H](CC2CCCCC2)Nc2nc(=O)oc3ccc(F)cc23)CC1.[HH]. The Morgan fingerprint density at radius 3 is 2.79 bits per heavy atom. The van der Waals surface area contributed by atoms with Gasteiger partial charge in [-0.3, -0.25) is 4.79 Å². The second-order valence-electron chi connectivity index (χ2n) is 9.39. The summed E-state index contributed by atoms with van der Waals surface area (Å²) in [4.78, 5) is 31.5. The van der Waals surface area contributed by atoms with Crippen molar-refractivity contribution in [1.29, 1.82) is 5.26 Å². The average Bonchev–Trinajstić information content (AvgIpc) is 2.81. The molecule has 178 valence electrons. The van der Waals surface area contributed by atoms with Gasteiger partial charge < -0.3 is 20.0 Å². The van der Waals surface area contributed by atoms with Gasteiger partial charge in [-0.1, -0.05) is 32.1 Å². The van der Waals surface area contributed by atoms with Crippen LogP contribution in [0.25, 0.3) is 11.0 Å². The molecule has 2 N–H and O–H groups in total. The molecule has 0 spiro atoms. The first-order valence-electron chi connectivity index (χ1n) is 11.7. The number of anilines is 1. The van der Waals surface area contributed by atoms with E-state index in [1.165, 1.54) is 24.6 Å². The largest absolute Gasteiger partial charge is 0.441 e. The second kappa shape index (κ2) is 9.87. The monoisotopic (exact) mass is 457 g/mol. The molecule has 1 aromatic heterocycles. The van der Waals surface area contributed by atoms with Gasteiger partial charge in [0.05, 0.1) is 11.5 Å². The summed E-state index contributed by atoms with van der Waals surface area (Å²) in [6.07, 6.45) is 7.12. The van der Waals surface area contributed by atoms with E-state index in [9.17, 15) is 19.2 Å². The maximum absolute atomic E-state index is 13.9. The van der Waals surface area contributed by atoms with E-state index in [1.807, 2.05) is 7.05 Å². The minimum absolute atomic E-state index is 0. The first-order chi connectivity index (χ1) is 15.9. The number of carbonyl (C=O) groups excluding carboxylic acids is 1. The summed E-state index contributed by atoms with van der Waals surface area (Å²) in [7, 11) is 1.99. The molecule has 0 unspecified atom stereocenters. The number of amides is 1. The zero-order chi connectivity index (χ0) is 23.4. The van der Waals surface area contributed by atoms with E-state index in [2.05, 4.69) is 26.6 Å². The van der Waals surface area contributed by atoms with Gasteiger partial charge in [-0.2, -0.15) is 10.2 Å². The molecule has 8 nitrogen and oxygen atoms in total. The molecular formula is C24H32FN5O3. The molecule has 2 aliphatic rings. The number of hydrogen-bond donors (Lipinski definition) is 2. The average molecular weight is 458 g/mol. The molecule has 33 heavy (non-hydrogen) atoms. The van der Waals surface area contributed by atoms with Gasteiger partial charge >= 0.3 is 5.76 Å². The van der Waals surface area contributed by atoms with Gasteiger partial charge in [-0.15, -0.1) is 0 Å². The van der Waals surface area contributed by atoms with Gasteiger partial charge in [0.2, 0.25) is 5.91 Å². The number of piperidine rings is 1. The van der Waals surface area contributed by atoms with Crippen molar-refractivity contribution < 1.29 is 15.0 Å². The topological polar surface area (TPSA) is 111 Å². The lowest BCUT2D eigenvalue weighted by Crippen LogP contribution is -2.57. The van der Waals surface area contributed by atoms with E-state index in [4.69, 9.17) is 4.42 Å². The highest BCUT2D eigenvalue weighted by molar-refractivity contribution is 5.91. The Labute approximate surface area is 193 Å². The third kappa shape index (κ3) is 5.50. The molecule has 9 heteroatoms. The quantitative estimate of drug-likeness (QED) is 0.684. The van der Waals surface area contributed by atoms with Crippen LogP contribution in [-0.4, -0.2) is 47.5 Å². The summed E-state index contributed by atoms with van der Waals surface area (Å²) in [5.41, 5.74) is -0.729. The smallest absolute Gasteiger partial charge is 0.408 e. The van der Waals surface area contributed by atoms with E-state index in [0.717, 1.165) is 38.8 Å². The Hall–Kier alpha value is -2.99. The van der Waals surface area contributed by atoms with Crippen LogP contribution in [-0.2, 0) is 4.79 Å². The Bertz CT molecular complexity index is 1100. The molecule has 0 radical (unpaired) electrons. The van der Waals surface area contributed by atoms with Crippen molar-refractivity contribution in [2.75, 3.05) is 25.5 Å². The van der Waals surface area contributed by atoms with Gasteiger partial charge in [0, 0.05) is 14.5 Å². The predicted molar refractivity (Wildman–Crippen MR) is 124 cm³/mol. The molecule has 0 bridgehead atoms. The second-order valence-corrected chi connectivity index (χ2v) is 9.39. The van der Waals surface area contributed by atoms with Crippen LogP contribution in [0.3, 0.4) is 0 Å². The van der Waals surface area contributed by atoms with Crippen molar-refractivity contribution in [3.63, 3.8) is 0 Å². The number of fused-ring (bicyclic) bond motifs is 1. The Morgan fingerprint density at radius 1 is 1.36 bits per heavy atom. The van der Waals surface area contributed by atoms with Crippen LogP contribution in [0.15, 0.2) is 27.4 Å². The molecule has 1 aliphatic heterocycles. The van der Waals surface area contributed by atoms with E-state index >= 15 is 0 Å². The van der Waals surface area contributed by atoms with Crippen molar-refractivity contribution in [2.45, 2.75) is 62.9 Å². The Kier molecular flexibility index (Phi) is 6.94. The number of hydrogen-bond acceptors (Lipinski definition) is 7. The third-order valence-electron chi connectivity index (χ3n) is 6.94. The fourth-order valence-corrected chi connectivity index (χ4v) is 4.90. The van der Waals surface area contributed by atoms with Crippen LogP contribution >= 0.6 is 0 Å². The summed E-state index contributed by atoms with van der Waals surface area (Å²) in [6.45, 7) is 1.44. The fourth-order valence-electron chi connectivity index (χ4n) is 4.90. The fraction of sp³-hybridized carbons (Fsp3) is 0.583. The van der Waals surface area contributed by atoms with Gasteiger partial charge in [0.15, 0.2) is 0 Å². The number of likely N-dealkylation sites (tertiary alicyclic amines) is 1. The summed E-state index contributed by atoms with van der Waals surface area (Å²) in [5.74, 6) is -1.15. The van der Waals surface area contributed by atoms with Gasteiger partial charge in [-0.05, 0) is 50.4 Å². The molecule has 1 saturated carbocycles. The molecular weight excluding hydrogens is 425 g/mol. The summed E-state index contributed by atoms with van der Waals surface area (Å²) in [6, 6.07) is 5.42. The van der Waals surface area contributed by atoms with E-state index in [0.29, 0.717) is 30.6 Å². The van der Waals surface area contributed by atoms with Crippen molar-refractivity contribution in [3.8, 4) is 6.07 Å². The normalized spacial score (nSPS) is 20.2. The molecule has 1 atom stereocenters. The van der Waals surface area contributed by atoms with E-state index < -0.39 is 23.2 Å². The van der Waals surface area contributed by atoms with Crippen LogP contribution in [0.2, 0.25) is 0 Å². The molecule has 1 amide bonds. The van der Waals surface area contributed by atoms with Crippen LogP contribution < -0.4 is 16.4 Å². The number of carbonyl (C=O) groups is 1. The zero-order valence-corrected chi connectivity index (χ0v) is 18.9. The maximum Gasteiger partial charge on any atom is 0.441 e. The number of aromatic nitrogens is 1. The number of benzene rings is 1. The van der Waals surface area contributed by atoms with Crippen molar-refractivity contribution in [1.82, 2.24) is 15.2 Å². The van der Waals surface area contributed by atoms with Crippen LogP contribution in [0, 0.1) is 23.1 Å². The van der Waals surface area contributed by atoms with Crippen molar-refractivity contribution >= 4 is 22.7 Å². The first-order valence-corrected chi connectivity index (χ1v) is 11.7. The van der Waals surface area contributed by atoms with Crippen molar-refractivity contribution in [2.24, 2.45) is 5.92 Å². The standard InChI is InChI=1S/C24H30FN5O3.H2/c1-30-11-9-24(15-26,10-12-30)29-22(31)19(13-16-5-3-2-4-6-16)27-21-18-14-17(25)7-8-20(18)33-23(32)28-21;/h7-8,14,16,19H,2-6,9-13H2,1H3,(H,29,31)(H,27,28,32);1H/t19-;/m0./s1. The highest BCUT2D eigenvalue weighted by Gasteiger charge is 2.37. The summed E-state index contributed by atoms with van der Waals surface area (Å²) < 4.78 is 19.0. The third-order valence-corrected chi connectivity index (χ3v) is 6.94. The van der Waals surface area contributed by atoms with Gasteiger partial charge in [0.1, 0.15) is 28.8 Å². The lowest BCUT2D eigenvalue weighted by molar-refractivity contribution is -0.124. The predicted octanol–water partition coefficient (Wildman–Crippen LogP) is 3.43. The molecule has 2 aromatic rings. The minimum atomic E-state index is -0.923. The lowest BCUT2D eigenvalue weighted by atomic mass is 9.84. The maximum atomic E-state index is 13.9. The minimum Gasteiger partial charge on any atom is -0.408 e. The van der Waals surface area contributed by atoms with Crippen LogP contribution in [0.4, 0.5) is 10.2 Å². The summed E-state index contributed by atoms with van der Waals surface area (Å²) in [5, 5.41) is 16.3. The molecule has 1 aromatic carbocycles. The number of nitriles is 1. The molecule has 1 aliphatic carbocycles.